The standard InChI is InChI=1S/C16H22N2O4/c1-18(2)15(20)9-7-12-5-4-6-13(11-12)17-14(19)8-10-16(21)22-3/h4-6,11H,7-10H2,1-3H3,(H,17,19). The molecule has 22 heavy (non-hydrogen) atoms. The molecule has 0 unspecified atom stereocenters. The highest BCUT2D eigenvalue weighted by atomic mass is 16.5. The van der Waals surface area contributed by atoms with E-state index in [0.29, 0.717) is 18.5 Å². The molecule has 2 amide bonds. The fraction of sp³-hybridized carbons (Fsp3) is 0.438. The van der Waals surface area contributed by atoms with Crippen LogP contribution >= 0.6 is 0 Å². The third kappa shape index (κ3) is 6.39. The number of aryl methyl sites for hydroxylation is 1. The number of nitrogens with one attached hydrogen (secondary N) is 1. The van der Waals surface area contributed by atoms with E-state index in [-0.39, 0.29) is 24.7 Å². The molecule has 0 fully saturated rings. The van der Waals surface area contributed by atoms with Crippen molar-refractivity contribution in [2.24, 2.45) is 0 Å². The fourth-order valence-electron chi connectivity index (χ4n) is 1.82. The van der Waals surface area contributed by atoms with Gasteiger partial charge in [0.25, 0.3) is 0 Å². The molecular weight excluding hydrogens is 284 g/mol. The third-order valence-electron chi connectivity index (χ3n) is 3.12. The average Bonchev–Trinajstić information content (AvgIpc) is 2.50. The first-order valence-corrected chi connectivity index (χ1v) is 7.08. The lowest BCUT2D eigenvalue weighted by atomic mass is 10.1. The van der Waals surface area contributed by atoms with Crippen molar-refractivity contribution in [1.29, 1.82) is 0 Å². The van der Waals surface area contributed by atoms with E-state index >= 15 is 0 Å². The van der Waals surface area contributed by atoms with E-state index in [2.05, 4.69) is 10.1 Å². The SMILES string of the molecule is COC(=O)CCC(=O)Nc1cccc(CCC(=O)N(C)C)c1. The summed E-state index contributed by atoms with van der Waals surface area (Å²) in [4.78, 5) is 35.8. The first-order chi connectivity index (χ1) is 10.4. The molecule has 1 rings (SSSR count). The molecule has 6 heteroatoms. The number of rotatable bonds is 7. The summed E-state index contributed by atoms with van der Waals surface area (Å²) in [5.74, 6) is -0.592. The van der Waals surface area contributed by atoms with Gasteiger partial charge in [0.15, 0.2) is 0 Å². The van der Waals surface area contributed by atoms with Crippen LogP contribution in [0.15, 0.2) is 24.3 Å². The molecule has 0 aliphatic heterocycles. The highest BCUT2D eigenvalue weighted by Crippen LogP contribution is 2.13. The molecule has 0 aliphatic rings. The predicted molar refractivity (Wildman–Crippen MR) is 83.3 cm³/mol. The molecule has 0 saturated carbocycles. The molecule has 0 atom stereocenters. The van der Waals surface area contributed by atoms with E-state index in [1.807, 2.05) is 18.2 Å². The Balaban J connectivity index is 2.51. The van der Waals surface area contributed by atoms with Crippen molar-refractivity contribution in [2.75, 3.05) is 26.5 Å². The van der Waals surface area contributed by atoms with Crippen molar-refractivity contribution in [3.63, 3.8) is 0 Å². The monoisotopic (exact) mass is 306 g/mol. The number of carbonyl (C=O) groups is 3. The van der Waals surface area contributed by atoms with E-state index in [4.69, 9.17) is 0 Å². The van der Waals surface area contributed by atoms with Crippen LogP contribution in [-0.2, 0) is 25.5 Å². The van der Waals surface area contributed by atoms with Crippen LogP contribution in [0.5, 0.6) is 0 Å². The summed E-state index contributed by atoms with van der Waals surface area (Å²) in [5.41, 5.74) is 1.63. The van der Waals surface area contributed by atoms with Crippen molar-refractivity contribution < 1.29 is 19.1 Å². The predicted octanol–water partition coefficient (Wildman–Crippen LogP) is 1.60. The topological polar surface area (TPSA) is 75.7 Å². The largest absolute Gasteiger partial charge is 0.469 e. The molecule has 0 aliphatic carbocycles. The lowest BCUT2D eigenvalue weighted by Crippen LogP contribution is -2.21. The minimum Gasteiger partial charge on any atom is -0.469 e. The second-order valence-electron chi connectivity index (χ2n) is 5.11. The Labute approximate surface area is 130 Å². The van der Waals surface area contributed by atoms with Crippen LogP contribution in [0.25, 0.3) is 0 Å². The number of ether oxygens (including phenoxy) is 1. The summed E-state index contributed by atoms with van der Waals surface area (Å²) in [7, 11) is 4.74. The molecule has 6 nitrogen and oxygen atoms in total. The zero-order valence-corrected chi connectivity index (χ0v) is 13.2. The zero-order valence-electron chi connectivity index (χ0n) is 13.2. The van der Waals surface area contributed by atoms with Gasteiger partial charge < -0.3 is 15.0 Å². The van der Waals surface area contributed by atoms with E-state index in [1.54, 1.807) is 25.1 Å². The number of methoxy groups -OCH3 is 1. The number of hydrogen-bond donors (Lipinski definition) is 1. The first-order valence-electron chi connectivity index (χ1n) is 7.08. The van der Waals surface area contributed by atoms with Gasteiger partial charge in [-0.3, -0.25) is 14.4 Å². The maximum Gasteiger partial charge on any atom is 0.306 e. The number of benzene rings is 1. The van der Waals surface area contributed by atoms with Crippen LogP contribution in [0.4, 0.5) is 5.69 Å². The van der Waals surface area contributed by atoms with Crippen molar-refractivity contribution in [2.45, 2.75) is 25.7 Å². The fourth-order valence-corrected chi connectivity index (χ4v) is 1.82. The summed E-state index contributed by atoms with van der Waals surface area (Å²) in [6.45, 7) is 0. The van der Waals surface area contributed by atoms with Gasteiger partial charge in [-0.2, -0.15) is 0 Å². The van der Waals surface area contributed by atoms with E-state index in [1.165, 1.54) is 7.11 Å². The molecule has 0 heterocycles. The van der Waals surface area contributed by atoms with Crippen LogP contribution in [0.1, 0.15) is 24.8 Å². The van der Waals surface area contributed by atoms with Crippen LogP contribution in [-0.4, -0.2) is 43.9 Å². The molecule has 0 aromatic heterocycles. The molecule has 0 bridgehead atoms. The normalized spacial score (nSPS) is 9.95. The Bertz CT molecular complexity index is 541. The number of amides is 2. The molecule has 0 radical (unpaired) electrons. The van der Waals surface area contributed by atoms with Gasteiger partial charge in [-0.05, 0) is 24.1 Å². The lowest BCUT2D eigenvalue weighted by molar-refractivity contribution is -0.141. The van der Waals surface area contributed by atoms with Crippen molar-refractivity contribution >= 4 is 23.5 Å². The number of nitrogens with zero attached hydrogens (tertiary/aromatic N) is 1. The zero-order chi connectivity index (χ0) is 16.5. The molecule has 1 N–H and O–H groups in total. The van der Waals surface area contributed by atoms with Crippen LogP contribution in [0.2, 0.25) is 0 Å². The minimum atomic E-state index is -0.411. The molecule has 1 aromatic carbocycles. The Morgan fingerprint density at radius 1 is 1.14 bits per heavy atom. The van der Waals surface area contributed by atoms with Gasteiger partial charge in [-0.15, -0.1) is 0 Å². The number of esters is 1. The number of anilines is 1. The Morgan fingerprint density at radius 2 is 1.86 bits per heavy atom. The third-order valence-corrected chi connectivity index (χ3v) is 3.12. The minimum absolute atomic E-state index is 0.0549. The smallest absolute Gasteiger partial charge is 0.306 e. The molecule has 0 saturated heterocycles. The van der Waals surface area contributed by atoms with Crippen LogP contribution in [0.3, 0.4) is 0 Å². The molecule has 120 valence electrons. The quantitative estimate of drug-likeness (QED) is 0.776. The van der Waals surface area contributed by atoms with Crippen LogP contribution < -0.4 is 5.32 Å². The lowest BCUT2D eigenvalue weighted by Gasteiger charge is -2.10. The summed E-state index contributed by atoms with van der Waals surface area (Å²) < 4.78 is 4.49. The van der Waals surface area contributed by atoms with Gasteiger partial charge in [0.05, 0.1) is 13.5 Å². The Hall–Kier alpha value is -2.37. The highest BCUT2D eigenvalue weighted by molar-refractivity contribution is 5.92. The summed E-state index contributed by atoms with van der Waals surface area (Å²) >= 11 is 0. The van der Waals surface area contributed by atoms with E-state index < -0.39 is 5.97 Å². The van der Waals surface area contributed by atoms with Gasteiger partial charge in [-0.1, -0.05) is 12.1 Å². The highest BCUT2D eigenvalue weighted by Gasteiger charge is 2.08. The van der Waals surface area contributed by atoms with Gasteiger partial charge in [0.2, 0.25) is 11.8 Å². The van der Waals surface area contributed by atoms with Gasteiger partial charge in [0, 0.05) is 32.6 Å². The maximum atomic E-state index is 11.7. The summed E-state index contributed by atoms with van der Waals surface area (Å²) in [6, 6.07) is 7.34. The molecular formula is C16H22N2O4. The maximum absolute atomic E-state index is 11.7. The van der Waals surface area contributed by atoms with Gasteiger partial charge >= 0.3 is 5.97 Å². The second kappa shape index (κ2) is 8.81. The molecule has 1 aromatic rings. The van der Waals surface area contributed by atoms with E-state index in [0.717, 1.165) is 5.56 Å². The average molecular weight is 306 g/mol. The first kappa shape index (κ1) is 17.7. The summed E-state index contributed by atoms with van der Waals surface area (Å²) in [6.07, 6.45) is 1.17. The Morgan fingerprint density at radius 3 is 2.50 bits per heavy atom. The van der Waals surface area contributed by atoms with Crippen molar-refractivity contribution in [1.82, 2.24) is 4.90 Å². The van der Waals surface area contributed by atoms with Gasteiger partial charge in [-0.25, -0.2) is 0 Å². The summed E-state index contributed by atoms with van der Waals surface area (Å²) in [5, 5.41) is 2.73. The van der Waals surface area contributed by atoms with Crippen LogP contribution in [0, 0.1) is 0 Å². The van der Waals surface area contributed by atoms with Crippen molar-refractivity contribution in [3.05, 3.63) is 29.8 Å². The van der Waals surface area contributed by atoms with Gasteiger partial charge in [0.1, 0.15) is 0 Å². The Kier molecular flexibility index (Phi) is 7.08. The second-order valence-corrected chi connectivity index (χ2v) is 5.11. The number of carbonyl (C=O) groups excluding carboxylic acids is 3. The van der Waals surface area contributed by atoms with E-state index in [9.17, 15) is 14.4 Å². The van der Waals surface area contributed by atoms with Crippen molar-refractivity contribution in [3.8, 4) is 0 Å². The molecule has 0 spiro atoms. The number of hydrogen-bond acceptors (Lipinski definition) is 4.